The van der Waals surface area contributed by atoms with E-state index in [0.717, 1.165) is 5.56 Å². The van der Waals surface area contributed by atoms with Crippen molar-refractivity contribution in [1.82, 2.24) is 0 Å². The molecule has 2 aromatic rings. The lowest BCUT2D eigenvalue weighted by Gasteiger charge is -2.19. The molecule has 0 radical (unpaired) electrons. The number of nitrogens with zero attached hydrogens (tertiary/aromatic N) is 3. The second-order valence-electron chi connectivity index (χ2n) is 4.81. The van der Waals surface area contributed by atoms with Gasteiger partial charge in [-0.1, -0.05) is 47.6 Å². The number of carbonyl (C=O) groups is 1. The predicted octanol–water partition coefficient (Wildman–Crippen LogP) is 3.73. The van der Waals surface area contributed by atoms with Crippen LogP contribution in [0.4, 0.5) is 5.69 Å². The molecule has 2 rings (SSSR count). The Bertz CT molecular complexity index is 679. The number of amides is 1. The van der Waals surface area contributed by atoms with Crippen molar-refractivity contribution in [2.45, 2.75) is 19.1 Å². The van der Waals surface area contributed by atoms with Crippen molar-refractivity contribution in [2.75, 3.05) is 5.32 Å². The summed E-state index contributed by atoms with van der Waals surface area (Å²) < 4.78 is 0. The van der Waals surface area contributed by atoms with Gasteiger partial charge in [-0.25, -0.2) is 0 Å². The normalized spacial score (nSPS) is 12.8. The summed E-state index contributed by atoms with van der Waals surface area (Å²) in [6.07, 6.45) is -0.968. The third-order valence-corrected chi connectivity index (χ3v) is 3.19. The fourth-order valence-electron chi connectivity index (χ4n) is 2.17. The summed E-state index contributed by atoms with van der Waals surface area (Å²) in [7, 11) is 0. The average molecular weight is 296 g/mol. The van der Waals surface area contributed by atoms with E-state index >= 15 is 0 Å². The first-order valence-corrected chi connectivity index (χ1v) is 6.76. The maximum Gasteiger partial charge on any atom is 0.221 e. The van der Waals surface area contributed by atoms with Gasteiger partial charge in [-0.2, -0.15) is 0 Å². The van der Waals surface area contributed by atoms with Gasteiger partial charge < -0.3 is 10.4 Å². The van der Waals surface area contributed by atoms with Crippen LogP contribution in [0, 0.1) is 0 Å². The van der Waals surface area contributed by atoms with E-state index in [1.54, 1.807) is 36.4 Å². The van der Waals surface area contributed by atoms with Crippen LogP contribution in [0.5, 0.6) is 0 Å². The van der Waals surface area contributed by atoms with Crippen molar-refractivity contribution in [2.24, 2.45) is 5.11 Å². The summed E-state index contributed by atoms with van der Waals surface area (Å²) >= 11 is 0. The summed E-state index contributed by atoms with van der Waals surface area (Å²) in [5.74, 6) is -0.162. The number of benzene rings is 2. The molecule has 0 unspecified atom stereocenters. The highest BCUT2D eigenvalue weighted by Crippen LogP contribution is 2.32. The van der Waals surface area contributed by atoms with Gasteiger partial charge in [0.05, 0.1) is 12.1 Å². The molecule has 0 saturated carbocycles. The fraction of sp³-hybridized carbons (Fsp3) is 0.188. The van der Waals surface area contributed by atoms with Gasteiger partial charge in [0, 0.05) is 17.5 Å². The first kappa shape index (κ1) is 15.6. The van der Waals surface area contributed by atoms with Crippen LogP contribution in [-0.4, -0.2) is 11.0 Å². The molecule has 0 aromatic heterocycles. The van der Waals surface area contributed by atoms with Gasteiger partial charge in [0.2, 0.25) is 5.91 Å². The summed E-state index contributed by atoms with van der Waals surface area (Å²) in [6.45, 7) is 1.43. The average Bonchev–Trinajstić information content (AvgIpc) is 2.53. The minimum atomic E-state index is -0.968. The summed E-state index contributed by atoms with van der Waals surface area (Å²) in [4.78, 5) is 13.8. The van der Waals surface area contributed by atoms with Gasteiger partial charge in [-0.05, 0) is 28.8 Å². The van der Waals surface area contributed by atoms with Crippen LogP contribution in [0.2, 0.25) is 0 Å². The van der Waals surface area contributed by atoms with E-state index in [0.29, 0.717) is 11.3 Å². The molecule has 0 aliphatic carbocycles. The van der Waals surface area contributed by atoms with Gasteiger partial charge in [0.15, 0.2) is 0 Å². The van der Waals surface area contributed by atoms with Crippen molar-refractivity contribution in [3.63, 3.8) is 0 Å². The van der Waals surface area contributed by atoms with E-state index in [9.17, 15) is 9.90 Å². The number of anilines is 1. The molecule has 2 atom stereocenters. The fourth-order valence-corrected chi connectivity index (χ4v) is 2.17. The van der Waals surface area contributed by atoms with Crippen molar-refractivity contribution in [3.05, 3.63) is 76.2 Å². The molecule has 0 fully saturated rings. The van der Waals surface area contributed by atoms with E-state index < -0.39 is 12.1 Å². The summed E-state index contributed by atoms with van der Waals surface area (Å²) in [6, 6.07) is 15.2. The van der Waals surface area contributed by atoms with Gasteiger partial charge in [0.25, 0.3) is 0 Å². The Balaban J connectivity index is 2.25. The van der Waals surface area contributed by atoms with Crippen molar-refractivity contribution >= 4 is 11.6 Å². The van der Waals surface area contributed by atoms with Gasteiger partial charge >= 0.3 is 0 Å². The molecule has 1 amide bonds. The van der Waals surface area contributed by atoms with Crippen LogP contribution in [0.1, 0.15) is 30.2 Å². The maximum atomic E-state index is 11.0. The molecule has 0 saturated heterocycles. The quantitative estimate of drug-likeness (QED) is 0.499. The number of hydrogen-bond acceptors (Lipinski definition) is 3. The smallest absolute Gasteiger partial charge is 0.221 e. The highest BCUT2D eigenvalue weighted by atomic mass is 16.3. The Hall–Kier alpha value is -2.82. The lowest BCUT2D eigenvalue weighted by molar-refractivity contribution is -0.114. The lowest BCUT2D eigenvalue weighted by atomic mass is 9.96. The van der Waals surface area contributed by atoms with Crippen LogP contribution in [0.25, 0.3) is 10.4 Å². The SMILES string of the molecule is CC(=O)Nc1ccc([C@H](O)[C@@H](N=[N+]=[N-])c2ccccc2)cc1. The zero-order chi connectivity index (χ0) is 15.9. The molecule has 0 heterocycles. The highest BCUT2D eigenvalue weighted by molar-refractivity contribution is 5.88. The zero-order valence-electron chi connectivity index (χ0n) is 12.0. The lowest BCUT2D eigenvalue weighted by Crippen LogP contribution is -2.09. The molecule has 0 aliphatic rings. The second kappa shape index (κ2) is 7.26. The maximum absolute atomic E-state index is 11.0. The van der Waals surface area contributed by atoms with Gasteiger partial charge in [-0.3, -0.25) is 4.79 Å². The molecule has 0 bridgehead atoms. The monoisotopic (exact) mass is 296 g/mol. The Morgan fingerprint density at radius 2 is 1.77 bits per heavy atom. The molecule has 22 heavy (non-hydrogen) atoms. The molecule has 2 N–H and O–H groups in total. The number of rotatable bonds is 5. The highest BCUT2D eigenvalue weighted by Gasteiger charge is 2.21. The van der Waals surface area contributed by atoms with Crippen LogP contribution in [0.15, 0.2) is 59.7 Å². The number of aliphatic hydroxyl groups excluding tert-OH is 1. The van der Waals surface area contributed by atoms with E-state index in [1.165, 1.54) is 6.92 Å². The molecule has 6 heteroatoms. The molecule has 112 valence electrons. The minimum Gasteiger partial charge on any atom is -0.388 e. The zero-order valence-corrected chi connectivity index (χ0v) is 12.0. The molecule has 6 nitrogen and oxygen atoms in total. The van der Waals surface area contributed by atoms with Crippen LogP contribution in [-0.2, 0) is 4.79 Å². The number of carbonyl (C=O) groups excluding carboxylic acids is 1. The van der Waals surface area contributed by atoms with Crippen LogP contribution in [0.3, 0.4) is 0 Å². The van der Waals surface area contributed by atoms with Gasteiger partial charge in [0.1, 0.15) is 0 Å². The second-order valence-corrected chi connectivity index (χ2v) is 4.81. The Morgan fingerprint density at radius 3 is 2.32 bits per heavy atom. The van der Waals surface area contributed by atoms with E-state index in [2.05, 4.69) is 15.3 Å². The minimum absolute atomic E-state index is 0.162. The van der Waals surface area contributed by atoms with Crippen LogP contribution < -0.4 is 5.32 Å². The molecule has 0 spiro atoms. The standard InChI is InChI=1S/C16H16N4O2/c1-11(21)18-14-9-7-13(8-10-14)16(22)15(19-20-17)12-5-3-2-4-6-12/h2-10,15-16,22H,1H3,(H,18,21)/t15-,16-/m0/s1. The Morgan fingerprint density at radius 1 is 1.14 bits per heavy atom. The number of aliphatic hydroxyl groups is 1. The van der Waals surface area contributed by atoms with Crippen molar-refractivity contribution in [1.29, 1.82) is 0 Å². The third kappa shape index (κ3) is 3.85. The Labute approximate surface area is 128 Å². The van der Waals surface area contributed by atoms with E-state index in [-0.39, 0.29) is 5.91 Å². The number of azide groups is 1. The molecule has 0 aliphatic heterocycles. The number of nitrogens with one attached hydrogen (secondary N) is 1. The summed E-state index contributed by atoms with van der Waals surface area (Å²) in [5, 5.41) is 16.8. The first-order chi connectivity index (χ1) is 10.6. The molecular formula is C16H16N4O2. The Kier molecular flexibility index (Phi) is 5.14. The van der Waals surface area contributed by atoms with E-state index in [1.807, 2.05) is 18.2 Å². The van der Waals surface area contributed by atoms with Gasteiger partial charge in [-0.15, -0.1) is 0 Å². The van der Waals surface area contributed by atoms with Crippen molar-refractivity contribution < 1.29 is 9.90 Å². The largest absolute Gasteiger partial charge is 0.388 e. The van der Waals surface area contributed by atoms with Crippen molar-refractivity contribution in [3.8, 4) is 0 Å². The van der Waals surface area contributed by atoms with E-state index in [4.69, 9.17) is 5.53 Å². The topological polar surface area (TPSA) is 98.1 Å². The summed E-state index contributed by atoms with van der Waals surface area (Å²) in [5.41, 5.74) is 10.7. The molecule has 2 aromatic carbocycles. The predicted molar refractivity (Wildman–Crippen MR) is 84.0 cm³/mol. The van der Waals surface area contributed by atoms with Crippen LogP contribution >= 0.6 is 0 Å². The first-order valence-electron chi connectivity index (χ1n) is 6.76. The number of hydrogen-bond donors (Lipinski definition) is 2. The third-order valence-electron chi connectivity index (χ3n) is 3.19. The molecular weight excluding hydrogens is 280 g/mol.